The summed E-state index contributed by atoms with van der Waals surface area (Å²) in [6.07, 6.45) is 1.82. The first kappa shape index (κ1) is 22.6. The molecule has 7 heteroatoms. The standard InChI is InChI=1S/C26H28N2O5/c1-4-33-23-15-17(10-11-22(23)32-3)21(13-16(2)29)28-25(30)20-9-5-7-18(24(20)26(28)31)14-19-8-6-12-27-19/h5-12,15-16,21,27,29H,4,13-14H2,1-3H3. The van der Waals surface area contributed by atoms with Crippen LogP contribution in [-0.4, -0.2) is 46.6 Å². The maximum absolute atomic E-state index is 13.6. The van der Waals surface area contributed by atoms with E-state index in [-0.39, 0.29) is 18.2 Å². The number of H-pyrrole nitrogens is 1. The number of carbonyl (C=O) groups excluding carboxylic acids is 2. The summed E-state index contributed by atoms with van der Waals surface area (Å²) >= 11 is 0. The zero-order valence-electron chi connectivity index (χ0n) is 19.0. The number of methoxy groups -OCH3 is 1. The van der Waals surface area contributed by atoms with Crippen molar-refractivity contribution in [2.45, 2.75) is 38.8 Å². The van der Waals surface area contributed by atoms with Crippen molar-refractivity contribution in [1.82, 2.24) is 9.88 Å². The topological polar surface area (TPSA) is 91.9 Å². The van der Waals surface area contributed by atoms with Crippen LogP contribution in [0.5, 0.6) is 11.5 Å². The fourth-order valence-electron chi connectivity index (χ4n) is 4.37. The Morgan fingerprint density at radius 1 is 1.06 bits per heavy atom. The van der Waals surface area contributed by atoms with Crippen molar-refractivity contribution in [1.29, 1.82) is 0 Å². The quantitative estimate of drug-likeness (QED) is 0.481. The number of aromatic nitrogens is 1. The van der Waals surface area contributed by atoms with Crippen molar-refractivity contribution in [2.24, 2.45) is 0 Å². The molecule has 33 heavy (non-hydrogen) atoms. The number of benzene rings is 2. The number of nitrogens with zero attached hydrogens (tertiary/aromatic N) is 1. The van der Waals surface area contributed by atoms with Gasteiger partial charge in [0.15, 0.2) is 11.5 Å². The summed E-state index contributed by atoms with van der Waals surface area (Å²) in [5, 5.41) is 10.2. The Morgan fingerprint density at radius 3 is 2.55 bits per heavy atom. The van der Waals surface area contributed by atoms with E-state index >= 15 is 0 Å². The van der Waals surface area contributed by atoms with Crippen LogP contribution in [0.2, 0.25) is 0 Å². The van der Waals surface area contributed by atoms with Crippen molar-refractivity contribution < 1.29 is 24.2 Å². The number of nitrogens with one attached hydrogen (secondary N) is 1. The molecule has 2 unspecified atom stereocenters. The Morgan fingerprint density at radius 2 is 1.88 bits per heavy atom. The van der Waals surface area contributed by atoms with E-state index in [2.05, 4.69) is 4.98 Å². The average molecular weight is 449 g/mol. The normalized spacial score (nSPS) is 14.8. The first-order chi connectivity index (χ1) is 15.9. The largest absolute Gasteiger partial charge is 0.493 e. The van der Waals surface area contributed by atoms with Crippen LogP contribution in [0.1, 0.15) is 63.8 Å². The highest BCUT2D eigenvalue weighted by molar-refractivity contribution is 6.22. The molecule has 2 heterocycles. The number of aromatic amines is 1. The number of aliphatic hydroxyl groups excluding tert-OH is 1. The number of carbonyl (C=O) groups is 2. The minimum absolute atomic E-state index is 0.204. The second kappa shape index (κ2) is 9.50. The van der Waals surface area contributed by atoms with Crippen LogP contribution >= 0.6 is 0 Å². The summed E-state index contributed by atoms with van der Waals surface area (Å²) in [5.41, 5.74) is 3.25. The van der Waals surface area contributed by atoms with Gasteiger partial charge in [-0.05, 0) is 61.7 Å². The van der Waals surface area contributed by atoms with Gasteiger partial charge in [0, 0.05) is 18.3 Å². The predicted octanol–water partition coefficient (Wildman–Crippen LogP) is 4.12. The van der Waals surface area contributed by atoms with Crippen molar-refractivity contribution in [3.63, 3.8) is 0 Å². The number of hydrogen-bond acceptors (Lipinski definition) is 5. The monoisotopic (exact) mass is 448 g/mol. The Bertz CT molecular complexity index is 1150. The van der Waals surface area contributed by atoms with Crippen molar-refractivity contribution in [3.05, 3.63) is 82.7 Å². The fourth-order valence-corrected chi connectivity index (χ4v) is 4.37. The zero-order chi connectivity index (χ0) is 23.5. The van der Waals surface area contributed by atoms with E-state index in [1.165, 1.54) is 4.90 Å². The summed E-state index contributed by atoms with van der Waals surface area (Å²) in [6, 6.07) is 13.9. The van der Waals surface area contributed by atoms with Crippen LogP contribution in [0, 0.1) is 0 Å². The Labute approximate surface area is 193 Å². The first-order valence-corrected chi connectivity index (χ1v) is 11.0. The van der Waals surface area contributed by atoms with Gasteiger partial charge in [-0.15, -0.1) is 0 Å². The lowest BCUT2D eigenvalue weighted by molar-refractivity contribution is 0.0523. The molecular weight excluding hydrogens is 420 g/mol. The predicted molar refractivity (Wildman–Crippen MR) is 124 cm³/mol. The van der Waals surface area contributed by atoms with Gasteiger partial charge >= 0.3 is 0 Å². The molecule has 2 aromatic carbocycles. The summed E-state index contributed by atoms with van der Waals surface area (Å²) in [7, 11) is 1.56. The molecule has 172 valence electrons. The molecule has 0 saturated carbocycles. The van der Waals surface area contributed by atoms with E-state index in [4.69, 9.17) is 9.47 Å². The molecule has 0 aliphatic carbocycles. The molecule has 0 bridgehead atoms. The average Bonchev–Trinajstić information content (AvgIpc) is 3.39. The van der Waals surface area contributed by atoms with E-state index in [0.29, 0.717) is 41.2 Å². The summed E-state index contributed by atoms with van der Waals surface area (Å²) in [6.45, 7) is 3.96. The lowest BCUT2D eigenvalue weighted by Gasteiger charge is -2.28. The molecule has 2 amide bonds. The van der Waals surface area contributed by atoms with Crippen molar-refractivity contribution in [3.8, 4) is 11.5 Å². The van der Waals surface area contributed by atoms with Gasteiger partial charge in [0.1, 0.15) is 0 Å². The lowest BCUT2D eigenvalue weighted by Crippen LogP contribution is -2.36. The van der Waals surface area contributed by atoms with Gasteiger partial charge in [-0.3, -0.25) is 14.5 Å². The Hall–Kier alpha value is -3.58. The van der Waals surface area contributed by atoms with E-state index in [1.807, 2.05) is 31.3 Å². The number of ether oxygens (including phenoxy) is 2. The van der Waals surface area contributed by atoms with E-state index < -0.39 is 12.1 Å². The third-order valence-corrected chi connectivity index (χ3v) is 5.82. The molecule has 2 N–H and O–H groups in total. The zero-order valence-corrected chi connectivity index (χ0v) is 19.0. The van der Waals surface area contributed by atoms with Gasteiger partial charge < -0.3 is 19.6 Å². The molecule has 0 spiro atoms. The molecule has 1 aromatic heterocycles. The SMILES string of the molecule is CCOc1cc(C(CC(C)O)N2C(=O)c3cccc(Cc4ccc[nH]4)c3C2=O)ccc1OC. The number of aliphatic hydroxyl groups is 1. The van der Waals surface area contributed by atoms with Gasteiger partial charge in [-0.25, -0.2) is 0 Å². The molecule has 1 aliphatic rings. The Balaban J connectivity index is 1.75. The summed E-state index contributed by atoms with van der Waals surface area (Å²) in [4.78, 5) is 31.5. The Kier molecular flexibility index (Phi) is 6.51. The van der Waals surface area contributed by atoms with Gasteiger partial charge in [0.25, 0.3) is 11.8 Å². The maximum atomic E-state index is 13.6. The second-order valence-electron chi connectivity index (χ2n) is 8.14. The van der Waals surface area contributed by atoms with Crippen LogP contribution in [0.25, 0.3) is 0 Å². The minimum atomic E-state index is -0.727. The minimum Gasteiger partial charge on any atom is -0.493 e. The van der Waals surface area contributed by atoms with Crippen LogP contribution in [0.15, 0.2) is 54.7 Å². The molecule has 1 aliphatic heterocycles. The summed E-state index contributed by atoms with van der Waals surface area (Å²) < 4.78 is 11.1. The van der Waals surface area contributed by atoms with Gasteiger partial charge in [-0.2, -0.15) is 0 Å². The molecule has 3 aromatic rings. The number of hydrogen-bond donors (Lipinski definition) is 2. The third-order valence-electron chi connectivity index (χ3n) is 5.82. The highest BCUT2D eigenvalue weighted by Gasteiger charge is 2.42. The van der Waals surface area contributed by atoms with Crippen LogP contribution in [0.4, 0.5) is 0 Å². The van der Waals surface area contributed by atoms with E-state index in [9.17, 15) is 14.7 Å². The molecule has 4 rings (SSSR count). The number of imide groups is 1. The number of fused-ring (bicyclic) bond motifs is 1. The highest BCUT2D eigenvalue weighted by Crippen LogP contribution is 2.39. The lowest BCUT2D eigenvalue weighted by atomic mass is 9.98. The maximum Gasteiger partial charge on any atom is 0.262 e. The molecule has 7 nitrogen and oxygen atoms in total. The smallest absolute Gasteiger partial charge is 0.262 e. The van der Waals surface area contributed by atoms with Crippen LogP contribution in [0.3, 0.4) is 0 Å². The number of amides is 2. The van der Waals surface area contributed by atoms with Crippen molar-refractivity contribution >= 4 is 11.8 Å². The van der Waals surface area contributed by atoms with Crippen LogP contribution < -0.4 is 9.47 Å². The van der Waals surface area contributed by atoms with Gasteiger partial charge in [0.2, 0.25) is 0 Å². The third kappa shape index (κ3) is 4.36. The summed E-state index contributed by atoms with van der Waals surface area (Å²) in [5.74, 6) is 0.378. The molecule has 0 radical (unpaired) electrons. The molecule has 2 atom stereocenters. The second-order valence-corrected chi connectivity index (χ2v) is 8.14. The fraction of sp³-hybridized carbons (Fsp3) is 0.308. The first-order valence-electron chi connectivity index (χ1n) is 11.0. The van der Waals surface area contributed by atoms with Gasteiger partial charge in [-0.1, -0.05) is 18.2 Å². The van der Waals surface area contributed by atoms with E-state index in [0.717, 1.165) is 11.3 Å². The highest BCUT2D eigenvalue weighted by atomic mass is 16.5. The molecular formula is C26H28N2O5. The van der Waals surface area contributed by atoms with Gasteiger partial charge in [0.05, 0.1) is 37.0 Å². The molecule has 0 saturated heterocycles. The van der Waals surface area contributed by atoms with Crippen LogP contribution in [-0.2, 0) is 6.42 Å². The molecule has 0 fully saturated rings. The van der Waals surface area contributed by atoms with E-state index in [1.54, 1.807) is 44.4 Å². The van der Waals surface area contributed by atoms with Crippen molar-refractivity contribution in [2.75, 3.05) is 13.7 Å². The number of rotatable bonds is 9.